The minimum Gasteiger partial charge on any atom is -0.315 e. The van der Waals surface area contributed by atoms with Gasteiger partial charge >= 0.3 is 0 Å². The Bertz CT molecular complexity index is 765. The fourth-order valence-electron chi connectivity index (χ4n) is 1.61. The maximum absolute atomic E-state index is 13.7. The summed E-state index contributed by atoms with van der Waals surface area (Å²) in [5.74, 6) is -0.729. The predicted octanol–water partition coefficient (Wildman–Crippen LogP) is 3.82. The molecule has 0 radical (unpaired) electrons. The smallest absolute Gasteiger partial charge is 0.263 e. The van der Waals surface area contributed by atoms with E-state index in [1.54, 1.807) is 13.1 Å². The molecule has 4 nitrogen and oxygen atoms in total. The standard InChI is InChI=1S/C12H11BrClFN2O2S2/c1-16-6-8-5-11(12(13)20-8)21(18,19)17-10-3-2-7(14)4-9(10)15/h2-5,16-17H,6H2,1H3. The second kappa shape index (κ2) is 6.62. The van der Waals surface area contributed by atoms with E-state index in [2.05, 4.69) is 26.0 Å². The van der Waals surface area contributed by atoms with Crippen molar-refractivity contribution in [3.63, 3.8) is 0 Å². The van der Waals surface area contributed by atoms with Crippen LogP contribution in [0.15, 0.2) is 32.9 Å². The quantitative estimate of drug-likeness (QED) is 0.783. The van der Waals surface area contributed by atoms with Gasteiger partial charge in [0.1, 0.15) is 10.7 Å². The molecule has 9 heteroatoms. The molecule has 0 amide bonds. The number of benzene rings is 1. The lowest BCUT2D eigenvalue weighted by molar-refractivity contribution is 0.598. The zero-order valence-corrected chi connectivity index (χ0v) is 14.8. The summed E-state index contributed by atoms with van der Waals surface area (Å²) in [6.45, 7) is 0.550. The lowest BCUT2D eigenvalue weighted by Crippen LogP contribution is -2.13. The molecular formula is C12H11BrClFN2O2S2. The highest BCUT2D eigenvalue weighted by atomic mass is 79.9. The largest absolute Gasteiger partial charge is 0.315 e. The van der Waals surface area contributed by atoms with Crippen LogP contribution in [0.2, 0.25) is 5.02 Å². The van der Waals surface area contributed by atoms with Crippen LogP contribution < -0.4 is 10.0 Å². The number of hydrogen-bond donors (Lipinski definition) is 2. The van der Waals surface area contributed by atoms with Crippen LogP contribution in [0.25, 0.3) is 0 Å². The third-order valence-electron chi connectivity index (χ3n) is 2.52. The first-order chi connectivity index (χ1) is 9.83. The summed E-state index contributed by atoms with van der Waals surface area (Å²) in [4.78, 5) is 0.924. The van der Waals surface area contributed by atoms with E-state index < -0.39 is 15.8 Å². The Morgan fingerprint density at radius 3 is 2.71 bits per heavy atom. The molecular weight excluding hydrogens is 403 g/mol. The molecule has 0 atom stereocenters. The van der Waals surface area contributed by atoms with E-state index in [9.17, 15) is 12.8 Å². The molecule has 0 aliphatic carbocycles. The number of anilines is 1. The van der Waals surface area contributed by atoms with Crippen molar-refractivity contribution in [1.82, 2.24) is 5.32 Å². The molecule has 2 rings (SSSR count). The Labute approximate surface area is 139 Å². The third kappa shape index (κ3) is 3.95. The summed E-state index contributed by atoms with van der Waals surface area (Å²) in [6, 6.07) is 5.29. The second-order valence-corrected chi connectivity index (χ2v) is 8.65. The maximum atomic E-state index is 13.7. The van der Waals surface area contributed by atoms with Crippen LogP contribution in [0.4, 0.5) is 10.1 Å². The minimum atomic E-state index is -3.87. The summed E-state index contributed by atoms with van der Waals surface area (Å²) >= 11 is 10.2. The molecule has 114 valence electrons. The monoisotopic (exact) mass is 412 g/mol. The number of nitrogens with one attached hydrogen (secondary N) is 2. The van der Waals surface area contributed by atoms with Crippen molar-refractivity contribution in [2.75, 3.05) is 11.8 Å². The molecule has 0 spiro atoms. The minimum absolute atomic E-state index is 0.0760. The molecule has 0 unspecified atom stereocenters. The van der Waals surface area contributed by atoms with Crippen molar-refractivity contribution in [2.24, 2.45) is 0 Å². The molecule has 0 saturated heterocycles. The molecule has 0 fully saturated rings. The van der Waals surface area contributed by atoms with Crippen molar-refractivity contribution >= 4 is 54.6 Å². The van der Waals surface area contributed by atoms with Crippen LogP contribution in [-0.4, -0.2) is 15.5 Å². The first kappa shape index (κ1) is 16.7. The highest BCUT2D eigenvalue weighted by molar-refractivity contribution is 9.11. The van der Waals surface area contributed by atoms with Gasteiger partial charge in [0.05, 0.1) is 9.47 Å². The Kier molecular flexibility index (Phi) is 5.26. The van der Waals surface area contributed by atoms with Crippen molar-refractivity contribution < 1.29 is 12.8 Å². The summed E-state index contributed by atoms with van der Waals surface area (Å²) in [7, 11) is -2.11. The third-order valence-corrected chi connectivity index (χ3v) is 6.38. The second-order valence-electron chi connectivity index (χ2n) is 4.11. The highest BCUT2D eigenvalue weighted by Gasteiger charge is 2.22. The average Bonchev–Trinajstić information content (AvgIpc) is 2.75. The predicted molar refractivity (Wildman–Crippen MR) is 87.0 cm³/mol. The van der Waals surface area contributed by atoms with Crippen molar-refractivity contribution in [3.8, 4) is 0 Å². The van der Waals surface area contributed by atoms with Gasteiger partial charge in [-0.25, -0.2) is 12.8 Å². The van der Waals surface area contributed by atoms with Crippen LogP contribution >= 0.6 is 38.9 Å². The van der Waals surface area contributed by atoms with Gasteiger partial charge in [0.25, 0.3) is 10.0 Å². The SMILES string of the molecule is CNCc1cc(S(=O)(=O)Nc2ccc(Cl)cc2F)c(Br)s1. The topological polar surface area (TPSA) is 58.2 Å². The number of rotatable bonds is 5. The van der Waals surface area contributed by atoms with Gasteiger partial charge in [-0.05, 0) is 47.2 Å². The Morgan fingerprint density at radius 1 is 1.38 bits per heavy atom. The van der Waals surface area contributed by atoms with E-state index in [0.29, 0.717) is 10.3 Å². The van der Waals surface area contributed by atoms with E-state index in [1.165, 1.54) is 23.5 Å². The van der Waals surface area contributed by atoms with E-state index >= 15 is 0 Å². The average molecular weight is 414 g/mol. The van der Waals surface area contributed by atoms with Crippen molar-refractivity contribution in [2.45, 2.75) is 11.4 Å². The van der Waals surface area contributed by atoms with Gasteiger partial charge in [-0.3, -0.25) is 4.72 Å². The molecule has 0 bridgehead atoms. The number of sulfonamides is 1. The normalized spacial score (nSPS) is 11.6. The van der Waals surface area contributed by atoms with Crippen molar-refractivity contribution in [3.05, 3.63) is 43.8 Å². The highest BCUT2D eigenvalue weighted by Crippen LogP contribution is 2.33. The Morgan fingerprint density at radius 2 is 2.10 bits per heavy atom. The van der Waals surface area contributed by atoms with Crippen LogP contribution in [0.1, 0.15) is 4.88 Å². The molecule has 0 saturated carbocycles. The molecule has 0 aliphatic rings. The van der Waals surface area contributed by atoms with Crippen LogP contribution in [0.3, 0.4) is 0 Å². The number of halogens is 3. The zero-order valence-electron chi connectivity index (χ0n) is 10.8. The van der Waals surface area contributed by atoms with Gasteiger partial charge in [0.15, 0.2) is 0 Å². The summed E-state index contributed by atoms with van der Waals surface area (Å²) in [5, 5.41) is 3.14. The lowest BCUT2D eigenvalue weighted by atomic mass is 10.3. The van der Waals surface area contributed by atoms with Gasteiger partial charge in [0, 0.05) is 16.4 Å². The Hall–Kier alpha value is -0.670. The molecule has 1 heterocycles. The number of thiophene rings is 1. The maximum Gasteiger partial charge on any atom is 0.263 e. The molecule has 1 aromatic carbocycles. The molecule has 2 N–H and O–H groups in total. The Balaban J connectivity index is 2.34. The molecule has 1 aromatic heterocycles. The summed E-state index contributed by atoms with van der Waals surface area (Å²) in [6.07, 6.45) is 0. The van der Waals surface area contributed by atoms with Gasteiger partial charge < -0.3 is 5.32 Å². The lowest BCUT2D eigenvalue weighted by Gasteiger charge is -2.08. The van der Waals surface area contributed by atoms with Gasteiger partial charge in [-0.15, -0.1) is 11.3 Å². The van der Waals surface area contributed by atoms with Gasteiger partial charge in [0.2, 0.25) is 0 Å². The fourth-order valence-corrected chi connectivity index (χ4v) is 5.54. The van der Waals surface area contributed by atoms with E-state index in [0.717, 1.165) is 10.9 Å². The van der Waals surface area contributed by atoms with Gasteiger partial charge in [-0.1, -0.05) is 11.6 Å². The van der Waals surface area contributed by atoms with E-state index in [-0.39, 0.29) is 15.6 Å². The fraction of sp³-hybridized carbons (Fsp3) is 0.167. The van der Waals surface area contributed by atoms with E-state index in [4.69, 9.17) is 11.6 Å². The van der Waals surface area contributed by atoms with E-state index in [1.807, 2.05) is 0 Å². The first-order valence-electron chi connectivity index (χ1n) is 5.74. The van der Waals surface area contributed by atoms with Crippen LogP contribution in [0, 0.1) is 5.82 Å². The zero-order chi connectivity index (χ0) is 15.6. The molecule has 2 aromatic rings. The first-order valence-corrected chi connectivity index (χ1v) is 9.21. The number of hydrogen-bond acceptors (Lipinski definition) is 4. The van der Waals surface area contributed by atoms with Crippen molar-refractivity contribution in [1.29, 1.82) is 0 Å². The van der Waals surface area contributed by atoms with Crippen LogP contribution in [-0.2, 0) is 16.6 Å². The molecule has 0 aliphatic heterocycles. The molecule has 21 heavy (non-hydrogen) atoms. The summed E-state index contributed by atoms with van der Waals surface area (Å²) < 4.78 is 41.0. The van der Waals surface area contributed by atoms with Crippen LogP contribution in [0.5, 0.6) is 0 Å². The summed E-state index contributed by atoms with van der Waals surface area (Å²) in [5.41, 5.74) is -0.146. The van der Waals surface area contributed by atoms with Gasteiger partial charge in [-0.2, -0.15) is 0 Å².